The number of benzene rings is 4. The normalized spacial score (nSPS) is 10.9. The first-order valence-electron chi connectivity index (χ1n) is 12.8. The maximum Gasteiger partial charge on any atom is 0.132 e. The van der Waals surface area contributed by atoms with Crippen LogP contribution in [-0.4, -0.2) is 5.78 Å². The van der Waals surface area contributed by atoms with Crippen LogP contribution in [0.2, 0.25) is 0 Å². The van der Waals surface area contributed by atoms with Crippen LogP contribution < -0.4 is 0 Å². The van der Waals surface area contributed by atoms with Gasteiger partial charge in [-0.25, -0.2) is 0 Å². The van der Waals surface area contributed by atoms with Gasteiger partial charge in [-0.1, -0.05) is 105 Å². The lowest BCUT2D eigenvalue weighted by Gasteiger charge is -2.06. The highest BCUT2D eigenvalue weighted by Gasteiger charge is 2.04. The predicted octanol–water partition coefficient (Wildman–Crippen LogP) is 10.2. The Morgan fingerprint density at radius 2 is 0.750 bits per heavy atom. The van der Waals surface area contributed by atoms with Crippen molar-refractivity contribution in [3.8, 4) is 22.3 Å². The Kier molecular flexibility index (Phi) is 10.1. The van der Waals surface area contributed by atoms with Gasteiger partial charge in [-0.3, -0.25) is 4.79 Å². The summed E-state index contributed by atoms with van der Waals surface area (Å²) >= 11 is 6.97. The van der Waals surface area contributed by atoms with E-state index in [0.29, 0.717) is 18.6 Å². The van der Waals surface area contributed by atoms with Gasteiger partial charge in [0.05, 0.1) is 0 Å². The molecule has 36 heavy (non-hydrogen) atoms. The van der Waals surface area contributed by atoms with Gasteiger partial charge in [0.15, 0.2) is 0 Å². The quantitative estimate of drug-likeness (QED) is 0.147. The molecule has 0 saturated heterocycles. The van der Waals surface area contributed by atoms with E-state index < -0.39 is 0 Å². The van der Waals surface area contributed by atoms with E-state index in [1.807, 2.05) is 0 Å². The van der Waals surface area contributed by atoms with Crippen molar-refractivity contribution >= 4 is 37.6 Å². The van der Waals surface area contributed by atoms with Crippen LogP contribution in [0.25, 0.3) is 22.3 Å². The number of hydrogen-bond donors (Lipinski definition) is 0. The molecule has 0 amide bonds. The minimum absolute atomic E-state index is 0.408. The first kappa shape index (κ1) is 26.6. The third-order valence-corrected chi connectivity index (χ3v) is 7.66. The summed E-state index contributed by atoms with van der Waals surface area (Å²) in [7, 11) is 0. The molecule has 1 nitrogen and oxygen atoms in total. The zero-order valence-corrected chi connectivity index (χ0v) is 23.7. The largest absolute Gasteiger partial charge is 0.300 e. The first-order valence-corrected chi connectivity index (χ1v) is 14.4. The molecule has 4 rings (SSSR count). The Labute approximate surface area is 232 Å². The van der Waals surface area contributed by atoms with Gasteiger partial charge in [0.1, 0.15) is 5.78 Å². The fourth-order valence-corrected chi connectivity index (χ4v) is 4.97. The van der Waals surface area contributed by atoms with Crippen molar-refractivity contribution in [2.24, 2.45) is 0 Å². The van der Waals surface area contributed by atoms with Crippen LogP contribution in [0.4, 0.5) is 0 Å². The van der Waals surface area contributed by atoms with Gasteiger partial charge in [-0.05, 0) is 96.2 Å². The molecule has 0 aliphatic carbocycles. The number of ketones is 1. The maximum atomic E-state index is 12.3. The van der Waals surface area contributed by atoms with E-state index in [1.54, 1.807) is 0 Å². The van der Waals surface area contributed by atoms with E-state index in [1.165, 1.54) is 33.4 Å². The number of unbranched alkanes of at least 4 members (excludes halogenated alkanes) is 2. The molecule has 0 bridgehead atoms. The third-order valence-electron chi connectivity index (χ3n) is 6.61. The molecule has 4 aromatic rings. The first-order chi connectivity index (χ1) is 17.6. The van der Waals surface area contributed by atoms with Gasteiger partial charge in [-0.15, -0.1) is 0 Å². The molecule has 3 heteroatoms. The Balaban J connectivity index is 1.09. The van der Waals surface area contributed by atoms with E-state index in [-0.39, 0.29) is 0 Å². The van der Waals surface area contributed by atoms with Gasteiger partial charge in [-0.2, -0.15) is 0 Å². The second-order valence-electron chi connectivity index (χ2n) is 9.36. The van der Waals surface area contributed by atoms with Gasteiger partial charge >= 0.3 is 0 Å². The minimum Gasteiger partial charge on any atom is -0.300 e. The summed E-state index contributed by atoms with van der Waals surface area (Å²) in [6, 6.07) is 34.4. The SMILES string of the molecule is O=C(CCCCc1ccc(-c2ccc(Br)cc2)cc1)CCCCc1ccc(-c2ccc(Br)cc2)cc1. The van der Waals surface area contributed by atoms with Gasteiger partial charge in [0.25, 0.3) is 0 Å². The van der Waals surface area contributed by atoms with E-state index in [4.69, 9.17) is 0 Å². The maximum absolute atomic E-state index is 12.3. The predicted molar refractivity (Wildman–Crippen MR) is 159 cm³/mol. The number of hydrogen-bond acceptors (Lipinski definition) is 1. The Hall–Kier alpha value is -2.49. The minimum atomic E-state index is 0.408. The van der Waals surface area contributed by atoms with Crippen molar-refractivity contribution in [1.29, 1.82) is 0 Å². The van der Waals surface area contributed by atoms with Crippen LogP contribution in [0, 0.1) is 0 Å². The summed E-state index contributed by atoms with van der Waals surface area (Å²) in [5.41, 5.74) is 7.62. The Morgan fingerprint density at radius 1 is 0.444 bits per heavy atom. The fourth-order valence-electron chi connectivity index (χ4n) is 4.44. The molecule has 0 aliphatic rings. The topological polar surface area (TPSA) is 17.1 Å². The van der Waals surface area contributed by atoms with Crippen molar-refractivity contribution in [2.75, 3.05) is 0 Å². The molecule has 0 N–H and O–H groups in total. The van der Waals surface area contributed by atoms with E-state index in [9.17, 15) is 4.79 Å². The second-order valence-corrected chi connectivity index (χ2v) is 11.2. The zero-order chi connectivity index (χ0) is 25.2. The van der Waals surface area contributed by atoms with Crippen LogP contribution in [0.3, 0.4) is 0 Å². The average molecular weight is 604 g/mol. The van der Waals surface area contributed by atoms with Crippen LogP contribution in [-0.2, 0) is 17.6 Å². The molecular formula is C33H32Br2O. The molecule has 0 atom stereocenters. The fraction of sp³-hybridized carbons (Fsp3) is 0.242. The van der Waals surface area contributed by atoms with Crippen LogP contribution >= 0.6 is 31.9 Å². The highest BCUT2D eigenvalue weighted by atomic mass is 79.9. The highest BCUT2D eigenvalue weighted by molar-refractivity contribution is 9.10. The third kappa shape index (κ3) is 8.28. The number of aryl methyl sites for hydroxylation is 2. The van der Waals surface area contributed by atoms with E-state index >= 15 is 0 Å². The molecule has 0 unspecified atom stereocenters. The number of Topliss-reactive ketones (excluding diaryl/α,β-unsaturated/α-hetero) is 1. The second kappa shape index (κ2) is 13.7. The Bertz CT molecular complexity index is 1130. The van der Waals surface area contributed by atoms with Gasteiger partial charge < -0.3 is 0 Å². The number of halogens is 2. The standard InChI is InChI=1S/C33H32Br2O/c34-31-21-17-29(18-22-31)27-13-9-25(10-14-27)5-1-3-7-33(36)8-4-2-6-26-11-15-28(16-12-26)30-19-23-32(35)24-20-30/h9-24H,1-8H2. The molecule has 0 aromatic heterocycles. The molecule has 4 aromatic carbocycles. The molecule has 0 heterocycles. The van der Waals surface area contributed by atoms with Crippen LogP contribution in [0.15, 0.2) is 106 Å². The van der Waals surface area contributed by atoms with Crippen LogP contribution in [0.1, 0.15) is 49.7 Å². The zero-order valence-electron chi connectivity index (χ0n) is 20.6. The lowest BCUT2D eigenvalue weighted by molar-refractivity contribution is -0.119. The summed E-state index contributed by atoms with van der Waals surface area (Å²) in [4.78, 5) is 12.3. The summed E-state index contributed by atoms with van der Waals surface area (Å²) in [6.07, 6.45) is 7.56. The highest BCUT2D eigenvalue weighted by Crippen LogP contribution is 2.24. The number of carbonyl (C=O) groups is 1. The van der Waals surface area contributed by atoms with Crippen molar-refractivity contribution in [3.63, 3.8) is 0 Å². The van der Waals surface area contributed by atoms with Crippen molar-refractivity contribution in [1.82, 2.24) is 0 Å². The molecular weight excluding hydrogens is 572 g/mol. The molecule has 0 fully saturated rings. The summed E-state index contributed by atoms with van der Waals surface area (Å²) < 4.78 is 2.19. The number of carbonyl (C=O) groups excluding carboxylic acids is 1. The molecule has 0 saturated carbocycles. The van der Waals surface area contributed by atoms with Crippen molar-refractivity contribution < 1.29 is 4.79 Å². The van der Waals surface area contributed by atoms with E-state index in [0.717, 1.165) is 47.5 Å². The van der Waals surface area contributed by atoms with Gasteiger partial charge in [0.2, 0.25) is 0 Å². The van der Waals surface area contributed by atoms with Crippen LogP contribution in [0.5, 0.6) is 0 Å². The lowest BCUT2D eigenvalue weighted by Crippen LogP contribution is -1.99. The molecule has 184 valence electrons. The smallest absolute Gasteiger partial charge is 0.132 e. The van der Waals surface area contributed by atoms with Gasteiger partial charge in [0, 0.05) is 21.8 Å². The molecule has 0 spiro atoms. The lowest BCUT2D eigenvalue weighted by atomic mass is 9.99. The number of rotatable bonds is 12. The Morgan fingerprint density at radius 3 is 1.08 bits per heavy atom. The van der Waals surface area contributed by atoms with Crippen molar-refractivity contribution in [3.05, 3.63) is 117 Å². The monoisotopic (exact) mass is 602 g/mol. The van der Waals surface area contributed by atoms with E-state index in [2.05, 4.69) is 129 Å². The summed E-state index contributed by atoms with van der Waals surface area (Å²) in [5, 5.41) is 0. The molecule has 0 radical (unpaired) electrons. The van der Waals surface area contributed by atoms with Crippen molar-refractivity contribution in [2.45, 2.75) is 51.4 Å². The summed E-state index contributed by atoms with van der Waals surface area (Å²) in [5.74, 6) is 0.408. The molecule has 0 aliphatic heterocycles. The average Bonchev–Trinajstić information content (AvgIpc) is 2.91. The summed E-state index contributed by atoms with van der Waals surface area (Å²) in [6.45, 7) is 0.